The average Bonchev–Trinajstić information content (AvgIpc) is 3.09. The molecule has 0 saturated carbocycles. The second-order valence-electron chi connectivity index (χ2n) is 8.03. The first-order valence-corrected chi connectivity index (χ1v) is 10.2. The number of nitrogens with one attached hydrogen (secondary N) is 1. The van der Waals surface area contributed by atoms with Crippen LogP contribution in [0.25, 0.3) is 22.6 Å². The lowest BCUT2D eigenvalue weighted by atomic mass is 10.2. The van der Waals surface area contributed by atoms with E-state index in [0.717, 1.165) is 41.5 Å². The lowest BCUT2D eigenvalue weighted by molar-refractivity contribution is 0.182. The maximum atomic E-state index is 4.83. The molecule has 2 heterocycles. The molecular formula is C22H32N6. The maximum absolute atomic E-state index is 4.83. The second kappa shape index (κ2) is 8.69. The Morgan fingerprint density at radius 1 is 0.964 bits per heavy atom. The van der Waals surface area contributed by atoms with Crippen molar-refractivity contribution >= 4 is 17.0 Å². The van der Waals surface area contributed by atoms with Gasteiger partial charge in [0.25, 0.3) is 0 Å². The number of anilines is 1. The van der Waals surface area contributed by atoms with Crippen molar-refractivity contribution in [2.45, 2.75) is 59.7 Å². The lowest BCUT2D eigenvalue weighted by Gasteiger charge is -2.30. The van der Waals surface area contributed by atoms with Crippen molar-refractivity contribution < 1.29 is 0 Å². The highest BCUT2D eigenvalue weighted by atomic mass is 15.2. The molecule has 0 saturated heterocycles. The number of imidazole rings is 1. The molecule has 0 atom stereocenters. The van der Waals surface area contributed by atoms with E-state index in [0.29, 0.717) is 12.1 Å². The highest BCUT2D eigenvalue weighted by Gasteiger charge is 2.17. The molecule has 0 aliphatic rings. The largest absolute Gasteiger partial charge is 0.367 e. The minimum atomic E-state index is 0.286. The zero-order valence-corrected chi connectivity index (χ0v) is 17.8. The van der Waals surface area contributed by atoms with Crippen LogP contribution in [0.2, 0.25) is 0 Å². The van der Waals surface area contributed by atoms with Crippen LogP contribution in [0.5, 0.6) is 0 Å². The van der Waals surface area contributed by atoms with E-state index in [1.165, 1.54) is 0 Å². The first-order chi connectivity index (χ1) is 13.4. The van der Waals surface area contributed by atoms with Gasteiger partial charge in [0.2, 0.25) is 0 Å². The molecule has 0 aliphatic heterocycles. The predicted molar refractivity (Wildman–Crippen MR) is 117 cm³/mol. The van der Waals surface area contributed by atoms with Crippen LogP contribution < -0.4 is 5.32 Å². The monoisotopic (exact) mass is 380 g/mol. The highest BCUT2D eigenvalue weighted by Crippen LogP contribution is 2.25. The molecule has 28 heavy (non-hydrogen) atoms. The number of rotatable bonds is 8. The topological polar surface area (TPSA) is 58.9 Å². The summed E-state index contributed by atoms with van der Waals surface area (Å²) < 4.78 is 2.10. The van der Waals surface area contributed by atoms with Crippen molar-refractivity contribution in [2.24, 2.45) is 0 Å². The van der Waals surface area contributed by atoms with Crippen LogP contribution in [0.4, 0.5) is 5.82 Å². The van der Waals surface area contributed by atoms with Crippen LogP contribution in [-0.2, 0) is 0 Å². The smallest absolute Gasteiger partial charge is 0.166 e. The molecule has 1 aromatic carbocycles. The quantitative estimate of drug-likeness (QED) is 0.619. The SMILES string of the molecule is CC(C)N(CCNc1nc(-c2ccccc2)nc2c1ncn2C(C)C)C(C)C. The number of nitrogens with zero attached hydrogens (tertiary/aromatic N) is 5. The minimum absolute atomic E-state index is 0.286. The van der Waals surface area contributed by atoms with E-state index in [-0.39, 0.29) is 6.04 Å². The number of hydrogen-bond acceptors (Lipinski definition) is 5. The third-order valence-electron chi connectivity index (χ3n) is 5.00. The van der Waals surface area contributed by atoms with Crippen molar-refractivity contribution in [1.82, 2.24) is 24.4 Å². The molecule has 0 aliphatic carbocycles. The van der Waals surface area contributed by atoms with Crippen molar-refractivity contribution in [3.8, 4) is 11.4 Å². The van der Waals surface area contributed by atoms with Crippen LogP contribution >= 0.6 is 0 Å². The maximum Gasteiger partial charge on any atom is 0.166 e. The van der Waals surface area contributed by atoms with E-state index in [9.17, 15) is 0 Å². The van der Waals surface area contributed by atoms with Crippen LogP contribution in [0, 0.1) is 0 Å². The summed E-state index contributed by atoms with van der Waals surface area (Å²) in [6.07, 6.45) is 1.86. The van der Waals surface area contributed by atoms with E-state index in [1.807, 2.05) is 36.7 Å². The van der Waals surface area contributed by atoms with E-state index in [1.54, 1.807) is 0 Å². The summed E-state index contributed by atoms with van der Waals surface area (Å²) in [4.78, 5) is 16.7. The van der Waals surface area contributed by atoms with Gasteiger partial charge in [-0.25, -0.2) is 15.0 Å². The number of benzene rings is 1. The first-order valence-electron chi connectivity index (χ1n) is 10.2. The summed E-state index contributed by atoms with van der Waals surface area (Å²) in [5.41, 5.74) is 2.71. The van der Waals surface area contributed by atoms with Crippen LogP contribution in [-0.4, -0.2) is 49.6 Å². The molecule has 3 aromatic rings. The first kappa shape index (κ1) is 20.3. The van der Waals surface area contributed by atoms with E-state index < -0.39 is 0 Å². The third kappa shape index (κ3) is 4.33. The molecule has 0 amide bonds. The fraction of sp³-hybridized carbons (Fsp3) is 0.500. The van der Waals surface area contributed by atoms with Gasteiger partial charge >= 0.3 is 0 Å². The highest BCUT2D eigenvalue weighted by molar-refractivity contribution is 5.85. The Bertz CT molecular complexity index is 890. The van der Waals surface area contributed by atoms with Gasteiger partial charge < -0.3 is 9.88 Å². The Labute approximate surface area is 168 Å². The second-order valence-corrected chi connectivity index (χ2v) is 8.03. The van der Waals surface area contributed by atoms with E-state index in [4.69, 9.17) is 9.97 Å². The molecule has 0 spiro atoms. The Morgan fingerprint density at radius 2 is 1.64 bits per heavy atom. The fourth-order valence-electron chi connectivity index (χ4n) is 3.55. The summed E-state index contributed by atoms with van der Waals surface area (Å²) >= 11 is 0. The van der Waals surface area contributed by atoms with Gasteiger partial charge in [0.1, 0.15) is 5.52 Å². The molecule has 3 rings (SSSR count). The zero-order valence-electron chi connectivity index (χ0n) is 17.8. The summed E-state index contributed by atoms with van der Waals surface area (Å²) in [6.45, 7) is 15.0. The molecule has 1 N–H and O–H groups in total. The van der Waals surface area contributed by atoms with Gasteiger partial charge in [-0.3, -0.25) is 4.90 Å². The molecule has 150 valence electrons. The van der Waals surface area contributed by atoms with Crippen LogP contribution in [0.1, 0.15) is 47.6 Å². The van der Waals surface area contributed by atoms with Crippen molar-refractivity contribution in [3.05, 3.63) is 36.7 Å². The fourth-order valence-corrected chi connectivity index (χ4v) is 3.55. The van der Waals surface area contributed by atoms with Gasteiger partial charge in [-0.15, -0.1) is 0 Å². The normalized spacial score (nSPS) is 12.1. The Kier molecular flexibility index (Phi) is 6.29. The summed E-state index contributed by atoms with van der Waals surface area (Å²) in [5, 5.41) is 3.52. The van der Waals surface area contributed by atoms with Gasteiger partial charge in [0.05, 0.1) is 6.33 Å². The van der Waals surface area contributed by atoms with Gasteiger partial charge in [0, 0.05) is 36.8 Å². The third-order valence-corrected chi connectivity index (χ3v) is 5.00. The molecule has 0 bridgehead atoms. The number of hydrogen-bond donors (Lipinski definition) is 1. The average molecular weight is 381 g/mol. The Balaban J connectivity index is 1.94. The molecule has 6 heteroatoms. The predicted octanol–water partition coefficient (Wildman–Crippen LogP) is 4.60. The number of aromatic nitrogens is 4. The summed E-state index contributed by atoms with van der Waals surface area (Å²) in [5.74, 6) is 1.53. The Hall–Kier alpha value is -2.47. The molecule has 6 nitrogen and oxygen atoms in total. The van der Waals surface area contributed by atoms with Gasteiger partial charge in [-0.1, -0.05) is 30.3 Å². The van der Waals surface area contributed by atoms with Crippen LogP contribution in [0.3, 0.4) is 0 Å². The van der Waals surface area contributed by atoms with Gasteiger partial charge in [0.15, 0.2) is 17.3 Å². The van der Waals surface area contributed by atoms with Gasteiger partial charge in [-0.05, 0) is 41.5 Å². The van der Waals surface area contributed by atoms with E-state index in [2.05, 4.69) is 61.3 Å². The summed E-state index contributed by atoms with van der Waals surface area (Å²) in [7, 11) is 0. The number of fused-ring (bicyclic) bond motifs is 1. The minimum Gasteiger partial charge on any atom is -0.367 e. The lowest BCUT2D eigenvalue weighted by Crippen LogP contribution is -2.40. The van der Waals surface area contributed by atoms with Crippen molar-refractivity contribution in [2.75, 3.05) is 18.4 Å². The van der Waals surface area contributed by atoms with E-state index >= 15 is 0 Å². The van der Waals surface area contributed by atoms with Crippen molar-refractivity contribution in [3.63, 3.8) is 0 Å². The molecule has 0 fully saturated rings. The molecular weight excluding hydrogens is 348 g/mol. The molecule has 0 unspecified atom stereocenters. The van der Waals surface area contributed by atoms with Crippen LogP contribution in [0.15, 0.2) is 36.7 Å². The van der Waals surface area contributed by atoms with Gasteiger partial charge in [-0.2, -0.15) is 0 Å². The Morgan fingerprint density at radius 3 is 2.25 bits per heavy atom. The molecule has 2 aromatic heterocycles. The standard InChI is InChI=1S/C22H32N6/c1-15(2)27(16(3)4)13-12-23-21-19-22(28(14-24-19)17(5)6)26-20(25-21)18-10-8-7-9-11-18/h7-11,14-17H,12-13H2,1-6H3,(H,23,25,26). The zero-order chi connectivity index (χ0) is 20.3. The molecule has 0 radical (unpaired) electrons. The van der Waals surface area contributed by atoms with Crippen molar-refractivity contribution in [1.29, 1.82) is 0 Å². The summed E-state index contributed by atoms with van der Waals surface area (Å²) in [6, 6.07) is 11.4.